The number of nitrogens with zero attached hydrogens (tertiary/aromatic N) is 1. The van der Waals surface area contributed by atoms with Gasteiger partial charge in [-0.15, -0.1) is 0 Å². The average Bonchev–Trinajstić information content (AvgIpc) is 2.17. The van der Waals surface area contributed by atoms with Gasteiger partial charge in [0, 0.05) is 23.6 Å². The SMILES string of the molecule is Cc1cc(Br)ccc1C(=O)N(C)CCO. The van der Waals surface area contributed by atoms with E-state index < -0.39 is 0 Å². The van der Waals surface area contributed by atoms with Crippen molar-refractivity contribution in [2.45, 2.75) is 6.92 Å². The number of halogens is 1. The highest BCUT2D eigenvalue weighted by molar-refractivity contribution is 9.10. The number of aliphatic hydroxyl groups is 1. The first-order chi connectivity index (χ1) is 7.06. The lowest BCUT2D eigenvalue weighted by atomic mass is 10.1. The zero-order chi connectivity index (χ0) is 11.4. The molecule has 0 saturated heterocycles. The van der Waals surface area contributed by atoms with E-state index in [9.17, 15) is 4.79 Å². The maximum atomic E-state index is 11.9. The molecule has 1 aromatic carbocycles. The van der Waals surface area contributed by atoms with E-state index in [1.165, 1.54) is 4.90 Å². The van der Waals surface area contributed by atoms with Gasteiger partial charge in [-0.2, -0.15) is 0 Å². The fourth-order valence-electron chi connectivity index (χ4n) is 1.32. The zero-order valence-electron chi connectivity index (χ0n) is 8.83. The lowest BCUT2D eigenvalue weighted by molar-refractivity contribution is 0.0766. The molecule has 3 nitrogen and oxygen atoms in total. The van der Waals surface area contributed by atoms with Crippen LogP contribution >= 0.6 is 15.9 Å². The lowest BCUT2D eigenvalue weighted by Gasteiger charge is -2.17. The fourth-order valence-corrected chi connectivity index (χ4v) is 1.80. The smallest absolute Gasteiger partial charge is 0.253 e. The number of carbonyl (C=O) groups is 1. The molecule has 0 spiro atoms. The van der Waals surface area contributed by atoms with Crippen LogP contribution in [0.15, 0.2) is 22.7 Å². The molecule has 1 rings (SSSR count). The van der Waals surface area contributed by atoms with Crippen LogP contribution in [-0.4, -0.2) is 36.1 Å². The van der Waals surface area contributed by atoms with Gasteiger partial charge in [0.1, 0.15) is 0 Å². The molecular formula is C11H14BrNO2. The zero-order valence-corrected chi connectivity index (χ0v) is 10.4. The van der Waals surface area contributed by atoms with Crippen molar-refractivity contribution in [3.05, 3.63) is 33.8 Å². The second kappa shape index (κ2) is 5.28. The summed E-state index contributed by atoms with van der Waals surface area (Å²) in [6.45, 7) is 2.23. The second-order valence-corrected chi connectivity index (χ2v) is 4.33. The first-order valence-corrected chi connectivity index (χ1v) is 5.48. The summed E-state index contributed by atoms with van der Waals surface area (Å²) in [5, 5.41) is 8.74. The lowest BCUT2D eigenvalue weighted by Crippen LogP contribution is -2.29. The van der Waals surface area contributed by atoms with E-state index >= 15 is 0 Å². The predicted octanol–water partition coefficient (Wildman–Crippen LogP) is 1.82. The van der Waals surface area contributed by atoms with Crippen LogP contribution in [0.1, 0.15) is 15.9 Å². The molecule has 4 heteroatoms. The van der Waals surface area contributed by atoms with Crippen LogP contribution in [0.2, 0.25) is 0 Å². The molecule has 0 aliphatic carbocycles. The Hall–Kier alpha value is -0.870. The summed E-state index contributed by atoms with van der Waals surface area (Å²) in [7, 11) is 1.68. The van der Waals surface area contributed by atoms with Gasteiger partial charge in [0.2, 0.25) is 0 Å². The highest BCUT2D eigenvalue weighted by Crippen LogP contribution is 2.16. The Morgan fingerprint density at radius 3 is 2.73 bits per heavy atom. The van der Waals surface area contributed by atoms with Crippen LogP contribution < -0.4 is 0 Å². The van der Waals surface area contributed by atoms with Gasteiger partial charge in [-0.1, -0.05) is 15.9 Å². The summed E-state index contributed by atoms with van der Waals surface area (Å²) in [6.07, 6.45) is 0. The number of benzene rings is 1. The third-order valence-corrected chi connectivity index (χ3v) is 2.69. The van der Waals surface area contributed by atoms with Crippen molar-refractivity contribution >= 4 is 21.8 Å². The van der Waals surface area contributed by atoms with Crippen LogP contribution in [0, 0.1) is 6.92 Å². The molecule has 1 N–H and O–H groups in total. The molecule has 0 atom stereocenters. The molecule has 0 fully saturated rings. The van der Waals surface area contributed by atoms with E-state index in [1.807, 2.05) is 19.1 Å². The van der Waals surface area contributed by atoms with Crippen LogP contribution in [0.4, 0.5) is 0 Å². The minimum atomic E-state index is -0.0611. The third-order valence-electron chi connectivity index (χ3n) is 2.20. The van der Waals surface area contributed by atoms with Crippen LogP contribution in [0.25, 0.3) is 0 Å². The number of hydrogen-bond donors (Lipinski definition) is 1. The Labute approximate surface area is 97.8 Å². The van der Waals surface area contributed by atoms with Crippen molar-refractivity contribution in [2.24, 2.45) is 0 Å². The molecule has 0 heterocycles. The number of likely N-dealkylation sites (N-methyl/N-ethyl adjacent to an activating group) is 1. The van der Waals surface area contributed by atoms with Crippen molar-refractivity contribution in [2.75, 3.05) is 20.2 Å². The average molecular weight is 272 g/mol. The Morgan fingerprint density at radius 2 is 2.20 bits per heavy atom. The quantitative estimate of drug-likeness (QED) is 0.911. The van der Waals surface area contributed by atoms with E-state index in [1.54, 1.807) is 13.1 Å². The van der Waals surface area contributed by atoms with Gasteiger partial charge in [0.05, 0.1) is 6.61 Å². The monoisotopic (exact) mass is 271 g/mol. The van der Waals surface area contributed by atoms with Crippen LogP contribution in [-0.2, 0) is 0 Å². The number of carbonyl (C=O) groups excluding carboxylic acids is 1. The molecule has 0 aliphatic rings. The summed E-state index contributed by atoms with van der Waals surface area (Å²) in [5.74, 6) is -0.0611. The number of rotatable bonds is 3. The number of aliphatic hydroxyl groups excluding tert-OH is 1. The first kappa shape index (κ1) is 12.2. The summed E-state index contributed by atoms with van der Waals surface area (Å²) in [6, 6.07) is 5.53. The Kier molecular flexibility index (Phi) is 4.29. The van der Waals surface area contributed by atoms with Gasteiger partial charge in [0.25, 0.3) is 5.91 Å². The van der Waals surface area contributed by atoms with Crippen molar-refractivity contribution in [3.8, 4) is 0 Å². The third kappa shape index (κ3) is 3.04. The molecule has 1 aromatic rings. The van der Waals surface area contributed by atoms with Gasteiger partial charge >= 0.3 is 0 Å². The Morgan fingerprint density at radius 1 is 1.53 bits per heavy atom. The van der Waals surface area contributed by atoms with Crippen molar-refractivity contribution < 1.29 is 9.90 Å². The van der Waals surface area contributed by atoms with E-state index in [0.717, 1.165) is 10.0 Å². The number of aryl methyl sites for hydroxylation is 1. The highest BCUT2D eigenvalue weighted by Gasteiger charge is 2.13. The van der Waals surface area contributed by atoms with Gasteiger partial charge in [0.15, 0.2) is 0 Å². The van der Waals surface area contributed by atoms with Crippen molar-refractivity contribution in [1.82, 2.24) is 4.90 Å². The van der Waals surface area contributed by atoms with Crippen LogP contribution in [0.3, 0.4) is 0 Å². The van der Waals surface area contributed by atoms with E-state index in [-0.39, 0.29) is 12.5 Å². The summed E-state index contributed by atoms with van der Waals surface area (Å²) in [5.41, 5.74) is 1.60. The molecule has 0 unspecified atom stereocenters. The molecule has 0 bridgehead atoms. The van der Waals surface area contributed by atoms with Crippen molar-refractivity contribution in [1.29, 1.82) is 0 Å². The Balaban J connectivity index is 2.91. The highest BCUT2D eigenvalue weighted by atomic mass is 79.9. The van der Waals surface area contributed by atoms with E-state index in [0.29, 0.717) is 12.1 Å². The van der Waals surface area contributed by atoms with Gasteiger partial charge in [-0.3, -0.25) is 4.79 Å². The van der Waals surface area contributed by atoms with Gasteiger partial charge in [-0.25, -0.2) is 0 Å². The van der Waals surface area contributed by atoms with Crippen LogP contribution in [0.5, 0.6) is 0 Å². The summed E-state index contributed by atoms with van der Waals surface area (Å²) < 4.78 is 0.960. The maximum Gasteiger partial charge on any atom is 0.253 e. The summed E-state index contributed by atoms with van der Waals surface area (Å²) in [4.78, 5) is 13.4. The normalized spacial score (nSPS) is 10.1. The molecule has 0 aliphatic heterocycles. The Bertz CT molecular complexity index is 366. The molecular weight excluding hydrogens is 258 g/mol. The van der Waals surface area contributed by atoms with Crippen molar-refractivity contribution in [3.63, 3.8) is 0 Å². The largest absolute Gasteiger partial charge is 0.395 e. The predicted molar refractivity (Wildman–Crippen MR) is 62.9 cm³/mol. The minimum Gasteiger partial charge on any atom is -0.395 e. The standard InChI is InChI=1S/C11H14BrNO2/c1-8-7-9(12)3-4-10(8)11(15)13(2)5-6-14/h3-4,7,14H,5-6H2,1-2H3. The molecule has 15 heavy (non-hydrogen) atoms. The topological polar surface area (TPSA) is 40.5 Å². The van der Waals surface area contributed by atoms with Gasteiger partial charge < -0.3 is 10.0 Å². The molecule has 0 saturated carbocycles. The number of amides is 1. The summed E-state index contributed by atoms with van der Waals surface area (Å²) >= 11 is 3.35. The fraction of sp³-hybridized carbons (Fsp3) is 0.364. The minimum absolute atomic E-state index is 0.0161. The number of hydrogen-bond acceptors (Lipinski definition) is 2. The second-order valence-electron chi connectivity index (χ2n) is 3.41. The maximum absolute atomic E-state index is 11.9. The van der Waals surface area contributed by atoms with E-state index in [2.05, 4.69) is 15.9 Å². The van der Waals surface area contributed by atoms with E-state index in [4.69, 9.17) is 5.11 Å². The molecule has 0 aromatic heterocycles. The molecule has 82 valence electrons. The molecule has 0 radical (unpaired) electrons. The first-order valence-electron chi connectivity index (χ1n) is 4.68. The molecule has 1 amide bonds. The van der Waals surface area contributed by atoms with Gasteiger partial charge in [-0.05, 0) is 30.7 Å².